The van der Waals surface area contributed by atoms with Crippen LogP contribution in [-0.2, 0) is 14.4 Å². The molecule has 1 aromatic carbocycles. The number of rotatable bonds is 5. The Hall–Kier alpha value is -1.45. The van der Waals surface area contributed by atoms with Gasteiger partial charge in [-0.15, -0.1) is 23.5 Å². The maximum Gasteiger partial charge on any atom is 0.327 e. The van der Waals surface area contributed by atoms with Gasteiger partial charge in [-0.3, -0.25) is 9.59 Å². The highest BCUT2D eigenvalue weighted by molar-refractivity contribution is 14.1. The minimum Gasteiger partial charge on any atom is -0.480 e. The Balaban J connectivity index is 1.78. The number of benzene rings is 1. The van der Waals surface area contributed by atoms with Crippen molar-refractivity contribution in [1.82, 2.24) is 10.2 Å². The summed E-state index contributed by atoms with van der Waals surface area (Å²) < 4.78 is 0.235. The molecule has 1 unspecified atom stereocenters. The van der Waals surface area contributed by atoms with Crippen molar-refractivity contribution in [3.8, 4) is 6.07 Å². The standard InChI is InChI=1S/C18H18IN3O4S2/c1-9(27-11-7-5-4-6-10(11)19)13(23)21-18(8-20)15(26)22-12(14(24)25)17(2,3)28-16(18)22/h4-7,9,12,16H,1-3H3,(H,21,23)(H,24,25)/t9?,12-,16+,18-/m0/s1. The number of nitrogens with one attached hydrogen (secondary N) is 1. The van der Waals surface area contributed by atoms with Crippen LogP contribution < -0.4 is 5.32 Å². The number of nitrogens with zero attached hydrogens (tertiary/aromatic N) is 2. The van der Waals surface area contributed by atoms with E-state index < -0.39 is 44.7 Å². The number of β-lactam (4-membered cyclic amide) rings is 1. The monoisotopic (exact) mass is 531 g/mol. The highest BCUT2D eigenvalue weighted by Crippen LogP contribution is 2.54. The molecule has 3 rings (SSSR count). The van der Waals surface area contributed by atoms with Crippen LogP contribution in [0.25, 0.3) is 0 Å². The van der Waals surface area contributed by atoms with Crippen molar-refractivity contribution in [2.75, 3.05) is 0 Å². The van der Waals surface area contributed by atoms with Gasteiger partial charge in [-0.2, -0.15) is 5.26 Å². The van der Waals surface area contributed by atoms with Gasteiger partial charge in [0.2, 0.25) is 11.4 Å². The minimum absolute atomic E-state index is 0.434. The van der Waals surface area contributed by atoms with E-state index in [1.54, 1.807) is 20.8 Å². The van der Waals surface area contributed by atoms with Gasteiger partial charge >= 0.3 is 5.97 Å². The summed E-state index contributed by atoms with van der Waals surface area (Å²) in [7, 11) is 0. The molecule has 0 radical (unpaired) electrons. The Morgan fingerprint density at radius 2 is 2.07 bits per heavy atom. The van der Waals surface area contributed by atoms with Crippen LogP contribution in [0.1, 0.15) is 20.8 Å². The fraction of sp³-hybridized carbons (Fsp3) is 0.444. The van der Waals surface area contributed by atoms with Crippen LogP contribution in [0.5, 0.6) is 0 Å². The second-order valence-corrected chi connectivity index (χ2v) is 11.4. The first-order chi connectivity index (χ1) is 13.0. The van der Waals surface area contributed by atoms with E-state index in [1.807, 2.05) is 30.3 Å². The molecule has 2 saturated heterocycles. The molecule has 10 heteroatoms. The van der Waals surface area contributed by atoms with Crippen LogP contribution in [-0.4, -0.2) is 54.7 Å². The number of carboxylic acids is 1. The fourth-order valence-corrected chi connectivity index (χ4v) is 6.68. The third-order valence-electron chi connectivity index (χ3n) is 4.79. The smallest absolute Gasteiger partial charge is 0.327 e. The molecular formula is C18H18IN3O4S2. The minimum atomic E-state index is -1.73. The normalized spacial score (nSPS) is 28.7. The summed E-state index contributed by atoms with van der Waals surface area (Å²) in [5.74, 6) is -2.21. The zero-order valence-corrected chi connectivity index (χ0v) is 19.1. The second-order valence-electron chi connectivity index (χ2n) is 7.13. The molecule has 2 amide bonds. The number of hydrogen-bond acceptors (Lipinski definition) is 6. The predicted octanol–water partition coefficient (Wildman–Crippen LogP) is 2.30. The van der Waals surface area contributed by atoms with E-state index in [2.05, 4.69) is 27.9 Å². The SMILES string of the molecule is CC(Sc1ccccc1I)C(=O)N[C@@]1(C#N)C(=O)N2[C@@H](C(=O)O)C(C)(C)S[C@@H]21. The number of aliphatic carboxylic acids is 1. The highest BCUT2D eigenvalue weighted by Gasteiger charge is 2.73. The quantitative estimate of drug-likeness (QED) is 0.341. The van der Waals surface area contributed by atoms with Crippen LogP contribution in [0.2, 0.25) is 0 Å². The van der Waals surface area contributed by atoms with Crippen LogP contribution in [0, 0.1) is 14.9 Å². The third kappa shape index (κ3) is 3.27. The van der Waals surface area contributed by atoms with E-state index in [1.165, 1.54) is 28.4 Å². The zero-order valence-electron chi connectivity index (χ0n) is 15.3. The molecule has 4 atom stereocenters. The van der Waals surface area contributed by atoms with Gasteiger partial charge in [-0.25, -0.2) is 4.79 Å². The Bertz CT molecular complexity index is 903. The lowest BCUT2D eigenvalue weighted by atomic mass is 9.85. The van der Waals surface area contributed by atoms with Gasteiger partial charge in [0.15, 0.2) is 0 Å². The number of carbonyl (C=O) groups is 3. The summed E-state index contributed by atoms with van der Waals surface area (Å²) in [5.41, 5.74) is -1.73. The Labute approximate surface area is 184 Å². The van der Waals surface area contributed by atoms with Crippen molar-refractivity contribution in [1.29, 1.82) is 5.26 Å². The number of halogens is 1. The first-order valence-electron chi connectivity index (χ1n) is 8.43. The van der Waals surface area contributed by atoms with Crippen molar-refractivity contribution in [3.05, 3.63) is 27.8 Å². The Morgan fingerprint density at radius 1 is 1.43 bits per heavy atom. The van der Waals surface area contributed by atoms with Crippen molar-refractivity contribution in [2.24, 2.45) is 0 Å². The van der Waals surface area contributed by atoms with Crippen molar-refractivity contribution >= 4 is 63.9 Å². The summed E-state index contributed by atoms with van der Waals surface area (Å²) in [5, 5.41) is 20.6. The largest absolute Gasteiger partial charge is 0.480 e. The number of carbonyl (C=O) groups excluding carboxylic acids is 2. The Morgan fingerprint density at radius 3 is 2.64 bits per heavy atom. The van der Waals surface area contributed by atoms with E-state index in [9.17, 15) is 24.8 Å². The molecule has 0 saturated carbocycles. The summed E-state index contributed by atoms with van der Waals surface area (Å²) in [6.45, 7) is 5.16. The lowest BCUT2D eigenvalue weighted by Crippen LogP contribution is -2.79. The lowest BCUT2D eigenvalue weighted by Gasteiger charge is -2.49. The Kier molecular flexibility index (Phi) is 5.64. The van der Waals surface area contributed by atoms with Crippen LogP contribution in [0.15, 0.2) is 29.2 Å². The fourth-order valence-electron chi connectivity index (χ4n) is 3.39. The number of thioether (sulfide) groups is 2. The van der Waals surface area contributed by atoms with E-state index >= 15 is 0 Å². The number of nitriles is 1. The predicted molar refractivity (Wildman–Crippen MR) is 115 cm³/mol. The van der Waals surface area contributed by atoms with Crippen LogP contribution in [0.3, 0.4) is 0 Å². The molecule has 1 aromatic rings. The molecule has 0 bridgehead atoms. The molecule has 2 aliphatic rings. The topological polar surface area (TPSA) is 111 Å². The van der Waals surface area contributed by atoms with Gasteiger partial charge in [-0.1, -0.05) is 12.1 Å². The maximum atomic E-state index is 12.8. The van der Waals surface area contributed by atoms with E-state index in [-0.39, 0.29) is 0 Å². The summed E-state index contributed by atoms with van der Waals surface area (Å²) >= 11 is 4.75. The molecule has 2 heterocycles. The second kappa shape index (κ2) is 7.42. The number of carboxylic acid groups (broad SMARTS) is 1. The molecule has 0 spiro atoms. The van der Waals surface area contributed by atoms with Crippen molar-refractivity contribution in [2.45, 2.75) is 52.6 Å². The molecule has 7 nitrogen and oxygen atoms in total. The average molecular weight is 531 g/mol. The van der Waals surface area contributed by atoms with Gasteiger partial charge in [0, 0.05) is 13.2 Å². The molecule has 0 aromatic heterocycles. The van der Waals surface area contributed by atoms with Crippen molar-refractivity contribution < 1.29 is 19.5 Å². The maximum absolute atomic E-state index is 12.8. The molecular weight excluding hydrogens is 513 g/mol. The summed E-state index contributed by atoms with van der Waals surface area (Å²) in [6, 6.07) is 8.53. The van der Waals surface area contributed by atoms with Crippen LogP contribution in [0.4, 0.5) is 0 Å². The summed E-state index contributed by atoms with van der Waals surface area (Å²) in [4.78, 5) is 39.3. The molecule has 2 aliphatic heterocycles. The van der Waals surface area contributed by atoms with E-state index in [0.717, 1.165) is 8.47 Å². The van der Waals surface area contributed by atoms with Crippen molar-refractivity contribution in [3.63, 3.8) is 0 Å². The van der Waals surface area contributed by atoms with Gasteiger partial charge in [0.05, 0.1) is 5.25 Å². The van der Waals surface area contributed by atoms with Gasteiger partial charge in [0.25, 0.3) is 5.91 Å². The van der Waals surface area contributed by atoms with Crippen LogP contribution >= 0.6 is 46.1 Å². The average Bonchev–Trinajstić information content (AvgIpc) is 2.90. The highest BCUT2D eigenvalue weighted by atomic mass is 127. The van der Waals surface area contributed by atoms with E-state index in [4.69, 9.17) is 0 Å². The molecule has 2 fully saturated rings. The number of fused-ring (bicyclic) bond motifs is 1. The van der Waals surface area contributed by atoms with Gasteiger partial charge in [0.1, 0.15) is 17.5 Å². The third-order valence-corrected chi connectivity index (χ3v) is 8.91. The van der Waals surface area contributed by atoms with Gasteiger partial charge in [-0.05, 0) is 55.5 Å². The lowest BCUT2D eigenvalue weighted by molar-refractivity contribution is -0.165. The van der Waals surface area contributed by atoms with Gasteiger partial charge < -0.3 is 15.3 Å². The first kappa shape index (κ1) is 21.3. The summed E-state index contributed by atoms with van der Waals surface area (Å²) in [6.07, 6.45) is 0. The molecule has 148 valence electrons. The number of amides is 2. The molecule has 2 N–H and O–H groups in total. The number of hydrogen-bond donors (Lipinski definition) is 2. The van der Waals surface area contributed by atoms with E-state index in [0.29, 0.717) is 0 Å². The molecule has 0 aliphatic carbocycles. The first-order valence-corrected chi connectivity index (χ1v) is 11.3. The zero-order chi connectivity index (χ0) is 20.9. The molecule has 28 heavy (non-hydrogen) atoms.